The van der Waals surface area contributed by atoms with Crippen LogP contribution in [-0.2, 0) is 0 Å². The summed E-state index contributed by atoms with van der Waals surface area (Å²) in [7, 11) is 3.30. The van der Waals surface area contributed by atoms with E-state index in [0.29, 0.717) is 18.8 Å². The van der Waals surface area contributed by atoms with Crippen molar-refractivity contribution in [2.45, 2.75) is 0 Å². The summed E-state index contributed by atoms with van der Waals surface area (Å²) in [4.78, 5) is 12.6. The largest absolute Gasteiger partial charge is 0.382 e. The van der Waals surface area contributed by atoms with Gasteiger partial charge in [-0.25, -0.2) is 9.18 Å². The normalized spacial score (nSPS) is 9.44. The molecule has 0 fully saturated rings. The zero-order chi connectivity index (χ0) is 13.5. The van der Waals surface area contributed by atoms with Crippen molar-refractivity contribution in [2.75, 3.05) is 32.5 Å². The molecule has 1 aromatic rings. The van der Waals surface area contributed by atoms with Crippen LogP contribution < -0.4 is 10.6 Å². The zero-order valence-electron chi connectivity index (χ0n) is 10.3. The molecule has 0 saturated heterocycles. The molecule has 0 aliphatic carbocycles. The van der Waals surface area contributed by atoms with E-state index in [0.717, 1.165) is 0 Å². The van der Waals surface area contributed by atoms with Gasteiger partial charge in [0.15, 0.2) is 0 Å². The highest BCUT2D eigenvalue weighted by Crippen LogP contribution is 2.15. The predicted molar refractivity (Wildman–Crippen MR) is 66.7 cm³/mol. The minimum atomic E-state index is -0.446. The van der Waals surface area contributed by atoms with Gasteiger partial charge in [0.05, 0.1) is 11.3 Å². The quantitative estimate of drug-likeness (QED) is 0.793. The van der Waals surface area contributed by atoms with Crippen LogP contribution in [0.3, 0.4) is 0 Å². The summed E-state index contributed by atoms with van der Waals surface area (Å²) >= 11 is 0. The Kier molecular flexibility index (Phi) is 4.93. The molecule has 0 aliphatic rings. The second-order valence-electron chi connectivity index (χ2n) is 3.85. The van der Waals surface area contributed by atoms with E-state index in [-0.39, 0.29) is 11.6 Å². The molecule has 18 heavy (non-hydrogen) atoms. The number of urea groups is 1. The number of rotatable bonds is 4. The summed E-state index contributed by atoms with van der Waals surface area (Å²) < 4.78 is 12.9. The summed E-state index contributed by atoms with van der Waals surface area (Å²) in [5.41, 5.74) is 0.798. The number of hydrogen-bond donors (Lipinski definition) is 2. The van der Waals surface area contributed by atoms with E-state index in [1.54, 1.807) is 14.1 Å². The van der Waals surface area contributed by atoms with Crippen LogP contribution in [0.15, 0.2) is 18.2 Å². The number of nitrogens with zero attached hydrogens (tertiary/aromatic N) is 2. The Bertz CT molecular complexity index is 468. The molecule has 6 heteroatoms. The highest BCUT2D eigenvalue weighted by Gasteiger charge is 2.04. The fraction of sp³-hybridized carbons (Fsp3) is 0.333. The minimum absolute atomic E-state index is 0.184. The zero-order valence-corrected chi connectivity index (χ0v) is 10.3. The van der Waals surface area contributed by atoms with Gasteiger partial charge in [0.25, 0.3) is 0 Å². The number of nitrogens with one attached hydrogen (secondary N) is 2. The number of nitriles is 1. The van der Waals surface area contributed by atoms with Crippen molar-refractivity contribution < 1.29 is 9.18 Å². The Hall–Kier alpha value is -2.29. The Morgan fingerprint density at radius 2 is 2.17 bits per heavy atom. The molecule has 2 amide bonds. The van der Waals surface area contributed by atoms with E-state index in [9.17, 15) is 9.18 Å². The number of hydrogen-bond acceptors (Lipinski definition) is 3. The number of amides is 2. The van der Waals surface area contributed by atoms with E-state index in [2.05, 4.69) is 10.6 Å². The Labute approximate surface area is 105 Å². The fourth-order valence-electron chi connectivity index (χ4n) is 1.29. The number of carbonyl (C=O) groups is 1. The molecule has 0 aromatic heterocycles. The highest BCUT2D eigenvalue weighted by molar-refractivity contribution is 5.73. The summed E-state index contributed by atoms with van der Waals surface area (Å²) in [5, 5.41) is 14.5. The number of carbonyl (C=O) groups excluding carboxylic acids is 1. The lowest BCUT2D eigenvalue weighted by Crippen LogP contribution is -2.37. The molecule has 0 spiro atoms. The van der Waals surface area contributed by atoms with Gasteiger partial charge < -0.3 is 15.5 Å². The van der Waals surface area contributed by atoms with Crippen molar-refractivity contribution >= 4 is 11.7 Å². The summed E-state index contributed by atoms with van der Waals surface area (Å²) in [6, 6.07) is 5.67. The molecular weight excluding hydrogens is 235 g/mol. The van der Waals surface area contributed by atoms with E-state index in [4.69, 9.17) is 5.26 Å². The van der Waals surface area contributed by atoms with Crippen LogP contribution in [0.5, 0.6) is 0 Å². The molecule has 5 nitrogen and oxygen atoms in total. The predicted octanol–water partition coefficient (Wildman–Crippen LogP) is 1.38. The summed E-state index contributed by atoms with van der Waals surface area (Å²) in [6.45, 7) is 0.874. The Morgan fingerprint density at radius 1 is 1.44 bits per heavy atom. The van der Waals surface area contributed by atoms with Crippen molar-refractivity contribution in [1.29, 1.82) is 5.26 Å². The van der Waals surface area contributed by atoms with E-state index in [1.165, 1.54) is 23.1 Å². The number of halogens is 1. The Balaban J connectivity index is 2.45. The first-order valence-electron chi connectivity index (χ1n) is 5.43. The van der Waals surface area contributed by atoms with Gasteiger partial charge in [-0.1, -0.05) is 0 Å². The van der Waals surface area contributed by atoms with Crippen molar-refractivity contribution in [2.24, 2.45) is 0 Å². The van der Waals surface area contributed by atoms with Crippen molar-refractivity contribution in [3.63, 3.8) is 0 Å². The maximum absolute atomic E-state index is 12.9. The van der Waals surface area contributed by atoms with E-state index < -0.39 is 5.82 Å². The van der Waals surface area contributed by atoms with Gasteiger partial charge in [-0.2, -0.15) is 5.26 Å². The standard InChI is InChI=1S/C12H15FN4O/c1-17(2)12(18)16-6-5-15-11-4-3-10(13)7-9(11)8-14/h3-4,7,15H,5-6H2,1-2H3,(H,16,18). The van der Waals surface area contributed by atoms with Gasteiger partial charge in [0, 0.05) is 27.2 Å². The molecule has 0 radical (unpaired) electrons. The van der Waals surface area contributed by atoms with Crippen LogP contribution in [-0.4, -0.2) is 38.1 Å². The van der Waals surface area contributed by atoms with Crippen LogP contribution in [0.1, 0.15) is 5.56 Å². The van der Waals surface area contributed by atoms with Gasteiger partial charge in [0.1, 0.15) is 11.9 Å². The number of benzene rings is 1. The lowest BCUT2D eigenvalue weighted by molar-refractivity contribution is 0.218. The van der Waals surface area contributed by atoms with E-state index in [1.807, 2.05) is 6.07 Å². The first kappa shape index (κ1) is 13.8. The van der Waals surface area contributed by atoms with Crippen LogP contribution in [0, 0.1) is 17.1 Å². The third-order valence-electron chi connectivity index (χ3n) is 2.22. The smallest absolute Gasteiger partial charge is 0.316 e. The topological polar surface area (TPSA) is 68.2 Å². The average Bonchev–Trinajstić information content (AvgIpc) is 2.35. The van der Waals surface area contributed by atoms with Crippen molar-refractivity contribution in [3.05, 3.63) is 29.6 Å². The number of anilines is 1. The van der Waals surface area contributed by atoms with Gasteiger partial charge in [-0.15, -0.1) is 0 Å². The average molecular weight is 250 g/mol. The fourth-order valence-corrected chi connectivity index (χ4v) is 1.29. The summed E-state index contributed by atoms with van der Waals surface area (Å²) in [5.74, 6) is -0.446. The maximum atomic E-state index is 12.9. The van der Waals surface area contributed by atoms with E-state index >= 15 is 0 Å². The van der Waals surface area contributed by atoms with Crippen LogP contribution in [0.4, 0.5) is 14.9 Å². The third kappa shape index (κ3) is 3.94. The Morgan fingerprint density at radius 3 is 2.78 bits per heavy atom. The second kappa shape index (κ2) is 6.45. The first-order valence-corrected chi connectivity index (χ1v) is 5.43. The molecule has 1 aromatic carbocycles. The molecule has 2 N–H and O–H groups in total. The van der Waals surface area contributed by atoms with Gasteiger partial charge in [-0.05, 0) is 18.2 Å². The molecule has 0 saturated carbocycles. The lowest BCUT2D eigenvalue weighted by atomic mass is 10.2. The van der Waals surface area contributed by atoms with Gasteiger partial charge in [-0.3, -0.25) is 0 Å². The molecule has 0 bridgehead atoms. The minimum Gasteiger partial charge on any atom is -0.382 e. The first-order chi connectivity index (χ1) is 8.54. The molecular formula is C12H15FN4O. The van der Waals surface area contributed by atoms with Crippen LogP contribution in [0.2, 0.25) is 0 Å². The monoisotopic (exact) mass is 250 g/mol. The van der Waals surface area contributed by atoms with Crippen LogP contribution >= 0.6 is 0 Å². The molecule has 0 heterocycles. The summed E-state index contributed by atoms with van der Waals surface area (Å²) in [6.07, 6.45) is 0. The third-order valence-corrected chi connectivity index (χ3v) is 2.22. The van der Waals surface area contributed by atoms with Crippen molar-refractivity contribution in [1.82, 2.24) is 10.2 Å². The van der Waals surface area contributed by atoms with Crippen LogP contribution in [0.25, 0.3) is 0 Å². The highest BCUT2D eigenvalue weighted by atomic mass is 19.1. The van der Waals surface area contributed by atoms with Crippen molar-refractivity contribution in [3.8, 4) is 6.07 Å². The van der Waals surface area contributed by atoms with Gasteiger partial charge in [0.2, 0.25) is 0 Å². The molecule has 1 rings (SSSR count). The second-order valence-corrected chi connectivity index (χ2v) is 3.85. The molecule has 96 valence electrons. The molecule has 0 atom stereocenters. The SMILES string of the molecule is CN(C)C(=O)NCCNc1ccc(F)cc1C#N. The lowest BCUT2D eigenvalue weighted by Gasteiger charge is -2.13. The maximum Gasteiger partial charge on any atom is 0.316 e. The van der Waals surface area contributed by atoms with Gasteiger partial charge >= 0.3 is 6.03 Å². The molecule has 0 unspecified atom stereocenters. The molecule has 0 aliphatic heterocycles.